The number of hydrogen-bond donors (Lipinski definition) is 1. The molecular formula is C17H15ClN2O3S. The molecule has 124 valence electrons. The number of halogens is 1. The molecule has 7 heteroatoms. The van der Waals surface area contributed by atoms with Crippen LogP contribution < -0.4 is 4.72 Å². The summed E-state index contributed by atoms with van der Waals surface area (Å²) in [5.74, 6) is 0.719. The number of aromatic nitrogens is 1. The molecule has 5 nitrogen and oxygen atoms in total. The molecule has 3 aromatic rings. The van der Waals surface area contributed by atoms with Crippen LogP contribution in [0.2, 0.25) is 5.02 Å². The van der Waals surface area contributed by atoms with Crippen LogP contribution >= 0.6 is 11.6 Å². The van der Waals surface area contributed by atoms with Crippen LogP contribution in [0.1, 0.15) is 11.5 Å². The standard InChI is InChI=1S/C17H15ClN2O3S/c1-11-17(12(2)23-19-11)13-7-9-14(10-8-13)20-24(21,22)16-6-4-3-5-15(16)18/h3-10,20H,1-2H3. The Morgan fingerprint density at radius 3 is 2.29 bits per heavy atom. The van der Waals surface area contributed by atoms with Crippen LogP contribution in [-0.2, 0) is 10.0 Å². The van der Waals surface area contributed by atoms with E-state index in [0.29, 0.717) is 5.69 Å². The van der Waals surface area contributed by atoms with Crippen molar-refractivity contribution in [2.45, 2.75) is 18.7 Å². The van der Waals surface area contributed by atoms with Crippen molar-refractivity contribution >= 4 is 27.3 Å². The van der Waals surface area contributed by atoms with Crippen molar-refractivity contribution in [2.24, 2.45) is 0 Å². The Morgan fingerprint density at radius 2 is 1.71 bits per heavy atom. The van der Waals surface area contributed by atoms with Crippen LogP contribution in [0.5, 0.6) is 0 Å². The minimum atomic E-state index is -3.74. The fourth-order valence-corrected chi connectivity index (χ4v) is 4.05. The first-order valence-corrected chi connectivity index (χ1v) is 9.05. The summed E-state index contributed by atoms with van der Waals surface area (Å²) in [5, 5.41) is 4.10. The van der Waals surface area contributed by atoms with E-state index in [4.69, 9.17) is 16.1 Å². The summed E-state index contributed by atoms with van der Waals surface area (Å²) in [6.45, 7) is 3.70. The number of hydrogen-bond acceptors (Lipinski definition) is 4. The number of sulfonamides is 1. The Morgan fingerprint density at radius 1 is 1.04 bits per heavy atom. The Bertz CT molecular complexity index is 960. The van der Waals surface area contributed by atoms with Gasteiger partial charge in [0.1, 0.15) is 10.7 Å². The van der Waals surface area contributed by atoms with Crippen molar-refractivity contribution in [1.82, 2.24) is 5.16 Å². The highest BCUT2D eigenvalue weighted by atomic mass is 35.5. The molecule has 0 radical (unpaired) electrons. The molecule has 0 saturated carbocycles. The molecule has 0 aliphatic carbocycles. The van der Waals surface area contributed by atoms with E-state index in [-0.39, 0.29) is 9.92 Å². The lowest BCUT2D eigenvalue weighted by atomic mass is 10.0. The van der Waals surface area contributed by atoms with Gasteiger partial charge in [0.05, 0.1) is 10.7 Å². The van der Waals surface area contributed by atoms with Crippen LogP contribution in [0, 0.1) is 13.8 Å². The summed E-state index contributed by atoms with van der Waals surface area (Å²) in [7, 11) is -3.74. The highest BCUT2D eigenvalue weighted by Gasteiger charge is 2.18. The summed E-state index contributed by atoms with van der Waals surface area (Å²) < 4.78 is 32.5. The summed E-state index contributed by atoms with van der Waals surface area (Å²) >= 11 is 5.97. The number of anilines is 1. The number of rotatable bonds is 4. The van der Waals surface area contributed by atoms with Gasteiger partial charge in [-0.05, 0) is 43.7 Å². The summed E-state index contributed by atoms with van der Waals surface area (Å²) in [6.07, 6.45) is 0. The maximum absolute atomic E-state index is 12.4. The predicted octanol–water partition coefficient (Wildman–Crippen LogP) is 4.41. The third-order valence-electron chi connectivity index (χ3n) is 3.59. The third-order valence-corrected chi connectivity index (χ3v) is 5.47. The maximum atomic E-state index is 12.4. The largest absolute Gasteiger partial charge is 0.361 e. The summed E-state index contributed by atoms with van der Waals surface area (Å²) in [6, 6.07) is 13.3. The maximum Gasteiger partial charge on any atom is 0.263 e. The average Bonchev–Trinajstić information content (AvgIpc) is 2.87. The van der Waals surface area contributed by atoms with E-state index in [2.05, 4.69) is 9.88 Å². The van der Waals surface area contributed by atoms with Gasteiger partial charge >= 0.3 is 0 Å². The van der Waals surface area contributed by atoms with Gasteiger partial charge in [-0.25, -0.2) is 8.42 Å². The molecule has 2 aromatic carbocycles. The molecule has 24 heavy (non-hydrogen) atoms. The van der Waals surface area contributed by atoms with Gasteiger partial charge in [0, 0.05) is 11.3 Å². The molecule has 0 spiro atoms. The zero-order valence-corrected chi connectivity index (χ0v) is 14.6. The fraction of sp³-hybridized carbons (Fsp3) is 0.118. The molecule has 0 saturated heterocycles. The van der Waals surface area contributed by atoms with Crippen LogP contribution in [0.15, 0.2) is 57.9 Å². The molecule has 0 fully saturated rings. The smallest absolute Gasteiger partial charge is 0.263 e. The lowest BCUT2D eigenvalue weighted by molar-refractivity contribution is 0.393. The average molecular weight is 363 g/mol. The van der Waals surface area contributed by atoms with Crippen molar-refractivity contribution in [3.05, 3.63) is 65.0 Å². The topological polar surface area (TPSA) is 72.2 Å². The predicted molar refractivity (Wildman–Crippen MR) is 93.7 cm³/mol. The van der Waals surface area contributed by atoms with Crippen molar-refractivity contribution in [2.75, 3.05) is 4.72 Å². The summed E-state index contributed by atoms with van der Waals surface area (Å²) in [5.41, 5.74) is 3.06. The fourth-order valence-electron chi connectivity index (χ4n) is 2.47. The first-order valence-electron chi connectivity index (χ1n) is 7.19. The normalized spacial score (nSPS) is 11.5. The van der Waals surface area contributed by atoms with Gasteiger partial charge in [-0.2, -0.15) is 0 Å². The van der Waals surface area contributed by atoms with Gasteiger partial charge in [-0.15, -0.1) is 0 Å². The van der Waals surface area contributed by atoms with E-state index in [9.17, 15) is 8.42 Å². The van der Waals surface area contributed by atoms with E-state index in [1.54, 1.807) is 24.3 Å². The number of aryl methyl sites for hydroxylation is 2. The van der Waals surface area contributed by atoms with E-state index >= 15 is 0 Å². The van der Waals surface area contributed by atoms with Crippen LogP contribution in [0.4, 0.5) is 5.69 Å². The molecule has 1 heterocycles. The highest BCUT2D eigenvalue weighted by Crippen LogP contribution is 2.29. The van der Waals surface area contributed by atoms with Gasteiger partial charge in [-0.3, -0.25) is 4.72 Å². The van der Waals surface area contributed by atoms with Gasteiger partial charge in [0.15, 0.2) is 0 Å². The van der Waals surface area contributed by atoms with E-state index < -0.39 is 10.0 Å². The monoisotopic (exact) mass is 362 g/mol. The third kappa shape index (κ3) is 3.16. The first-order chi connectivity index (χ1) is 11.4. The van der Waals surface area contributed by atoms with Gasteiger partial charge < -0.3 is 4.52 Å². The van der Waals surface area contributed by atoms with E-state index in [1.165, 1.54) is 12.1 Å². The minimum absolute atomic E-state index is 0.0430. The Balaban J connectivity index is 1.89. The molecule has 0 amide bonds. The zero-order chi connectivity index (χ0) is 17.3. The molecule has 0 atom stereocenters. The minimum Gasteiger partial charge on any atom is -0.361 e. The molecular weight excluding hydrogens is 348 g/mol. The van der Waals surface area contributed by atoms with Gasteiger partial charge in [0.2, 0.25) is 0 Å². The van der Waals surface area contributed by atoms with E-state index in [0.717, 1.165) is 22.6 Å². The Kier molecular flexibility index (Phi) is 4.34. The van der Waals surface area contributed by atoms with Gasteiger partial charge in [0.25, 0.3) is 10.0 Å². The SMILES string of the molecule is Cc1noc(C)c1-c1ccc(NS(=O)(=O)c2ccccc2Cl)cc1. The van der Waals surface area contributed by atoms with Crippen molar-refractivity contribution in [1.29, 1.82) is 0 Å². The Labute approximate surface area is 145 Å². The molecule has 1 N–H and O–H groups in total. The molecule has 3 rings (SSSR count). The number of nitrogens with one attached hydrogen (secondary N) is 1. The first kappa shape index (κ1) is 16.5. The van der Waals surface area contributed by atoms with Crippen molar-refractivity contribution in [3.8, 4) is 11.1 Å². The second-order valence-corrected chi connectivity index (χ2v) is 7.37. The number of nitrogens with zero attached hydrogens (tertiary/aromatic N) is 1. The summed E-state index contributed by atoms with van der Waals surface area (Å²) in [4.78, 5) is 0.0430. The van der Waals surface area contributed by atoms with Crippen molar-refractivity contribution in [3.63, 3.8) is 0 Å². The van der Waals surface area contributed by atoms with Gasteiger partial charge in [-0.1, -0.05) is 41.0 Å². The molecule has 0 aliphatic heterocycles. The molecule has 0 bridgehead atoms. The second-order valence-electron chi connectivity index (χ2n) is 5.31. The van der Waals surface area contributed by atoms with Crippen molar-refractivity contribution < 1.29 is 12.9 Å². The number of benzene rings is 2. The molecule has 1 aromatic heterocycles. The van der Waals surface area contributed by atoms with Crippen LogP contribution in [-0.4, -0.2) is 13.6 Å². The highest BCUT2D eigenvalue weighted by molar-refractivity contribution is 7.92. The van der Waals surface area contributed by atoms with Crippen LogP contribution in [0.3, 0.4) is 0 Å². The quantitative estimate of drug-likeness (QED) is 0.746. The van der Waals surface area contributed by atoms with E-state index in [1.807, 2.05) is 26.0 Å². The zero-order valence-electron chi connectivity index (χ0n) is 13.1. The molecule has 0 aliphatic rings. The lowest BCUT2D eigenvalue weighted by Crippen LogP contribution is -2.13. The Hall–Kier alpha value is -2.31. The molecule has 0 unspecified atom stereocenters. The second kappa shape index (κ2) is 6.30. The van der Waals surface area contributed by atoms with Crippen LogP contribution in [0.25, 0.3) is 11.1 Å². The lowest BCUT2D eigenvalue weighted by Gasteiger charge is -2.10.